The maximum Gasteiger partial charge on any atom is 0.416 e. The molecule has 0 bridgehead atoms. The van der Waals surface area contributed by atoms with Crippen LogP contribution in [0.1, 0.15) is 38.2 Å². The zero-order valence-corrected chi connectivity index (χ0v) is 11.9. The van der Waals surface area contributed by atoms with Crippen LogP contribution in [-0.4, -0.2) is 29.5 Å². The summed E-state index contributed by atoms with van der Waals surface area (Å²) in [4.78, 5) is 25.2. The molecule has 0 saturated carbocycles. The van der Waals surface area contributed by atoms with Gasteiger partial charge >= 0.3 is 6.09 Å². The van der Waals surface area contributed by atoms with Crippen LogP contribution in [0.3, 0.4) is 0 Å². The minimum absolute atomic E-state index is 0.0703. The van der Waals surface area contributed by atoms with Crippen molar-refractivity contribution < 1.29 is 14.3 Å². The normalized spacial score (nSPS) is 18.4. The van der Waals surface area contributed by atoms with Crippen molar-refractivity contribution in [3.05, 3.63) is 35.9 Å². The highest BCUT2D eigenvalue weighted by Crippen LogP contribution is 2.23. The lowest BCUT2D eigenvalue weighted by Gasteiger charge is -2.22. The van der Waals surface area contributed by atoms with E-state index in [1.54, 1.807) is 0 Å². The van der Waals surface area contributed by atoms with E-state index >= 15 is 0 Å². The molecule has 1 saturated heterocycles. The molecule has 1 unspecified atom stereocenters. The summed E-state index contributed by atoms with van der Waals surface area (Å²) >= 11 is 0. The Labute approximate surface area is 119 Å². The van der Waals surface area contributed by atoms with Crippen molar-refractivity contribution in [2.75, 3.05) is 6.61 Å². The summed E-state index contributed by atoms with van der Waals surface area (Å²) in [5, 5.41) is 0. The van der Waals surface area contributed by atoms with E-state index in [4.69, 9.17) is 4.74 Å². The van der Waals surface area contributed by atoms with Gasteiger partial charge in [-0.1, -0.05) is 43.7 Å². The number of hydrogen-bond acceptors (Lipinski definition) is 3. The highest BCUT2D eigenvalue weighted by Gasteiger charge is 2.36. The van der Waals surface area contributed by atoms with Crippen LogP contribution in [0.5, 0.6) is 0 Å². The summed E-state index contributed by atoms with van der Waals surface area (Å²) in [5.74, 6) is -0.118. The summed E-state index contributed by atoms with van der Waals surface area (Å²) in [6, 6.07) is 9.86. The van der Waals surface area contributed by atoms with E-state index in [1.807, 2.05) is 37.3 Å². The molecule has 0 aliphatic carbocycles. The average Bonchev–Trinajstić information content (AvgIpc) is 2.81. The number of carbonyl (C=O) groups excluding carboxylic acids is 2. The molecular formula is C16H21NO3. The SMILES string of the molecule is CCCCOC(=O)N1C(=O)CCC1Cc1ccccc1. The summed E-state index contributed by atoms with van der Waals surface area (Å²) in [6.45, 7) is 2.42. The third-order valence-electron chi connectivity index (χ3n) is 3.56. The van der Waals surface area contributed by atoms with E-state index in [2.05, 4.69) is 0 Å². The molecule has 0 N–H and O–H groups in total. The summed E-state index contributed by atoms with van der Waals surface area (Å²) < 4.78 is 5.17. The third-order valence-corrected chi connectivity index (χ3v) is 3.56. The first kappa shape index (κ1) is 14.6. The summed E-state index contributed by atoms with van der Waals surface area (Å²) in [5.41, 5.74) is 1.14. The number of nitrogens with zero attached hydrogens (tertiary/aromatic N) is 1. The molecule has 2 rings (SSSR count). The van der Waals surface area contributed by atoms with Crippen molar-refractivity contribution in [1.29, 1.82) is 0 Å². The van der Waals surface area contributed by atoms with Crippen molar-refractivity contribution in [3.8, 4) is 0 Å². The third kappa shape index (κ3) is 3.59. The smallest absolute Gasteiger partial charge is 0.416 e. The van der Waals surface area contributed by atoms with E-state index in [1.165, 1.54) is 4.90 Å². The number of rotatable bonds is 5. The lowest BCUT2D eigenvalue weighted by Crippen LogP contribution is -2.40. The van der Waals surface area contributed by atoms with E-state index in [9.17, 15) is 9.59 Å². The number of ether oxygens (including phenoxy) is 1. The van der Waals surface area contributed by atoms with Crippen molar-refractivity contribution in [1.82, 2.24) is 4.90 Å². The molecule has 1 fully saturated rings. The first-order chi connectivity index (χ1) is 9.72. The van der Waals surface area contributed by atoms with Gasteiger partial charge in [0.25, 0.3) is 0 Å². The molecule has 108 valence electrons. The van der Waals surface area contributed by atoms with E-state index < -0.39 is 6.09 Å². The Morgan fingerprint density at radius 3 is 2.80 bits per heavy atom. The van der Waals surface area contributed by atoms with Crippen LogP contribution in [0.2, 0.25) is 0 Å². The number of benzene rings is 1. The fourth-order valence-electron chi connectivity index (χ4n) is 2.45. The van der Waals surface area contributed by atoms with Crippen molar-refractivity contribution in [2.45, 2.75) is 45.1 Å². The van der Waals surface area contributed by atoms with Gasteiger partial charge in [-0.25, -0.2) is 9.69 Å². The number of unbranched alkanes of at least 4 members (excludes halogenated alkanes) is 1. The lowest BCUT2D eigenvalue weighted by atomic mass is 10.0. The Hall–Kier alpha value is -1.84. The molecule has 0 aromatic heterocycles. The predicted octanol–water partition coefficient (Wildman–Crippen LogP) is 3.16. The number of likely N-dealkylation sites (tertiary alicyclic amines) is 1. The monoisotopic (exact) mass is 275 g/mol. The molecule has 2 amide bonds. The van der Waals surface area contributed by atoms with Gasteiger partial charge in [0.15, 0.2) is 0 Å². The predicted molar refractivity (Wildman–Crippen MR) is 76.3 cm³/mol. The van der Waals surface area contributed by atoms with E-state index in [-0.39, 0.29) is 11.9 Å². The summed E-state index contributed by atoms with van der Waals surface area (Å²) in [6.07, 6.45) is 3.17. The molecule has 1 atom stereocenters. The maximum atomic E-state index is 12.0. The fourth-order valence-corrected chi connectivity index (χ4v) is 2.45. The standard InChI is InChI=1S/C16H21NO3/c1-2-3-11-20-16(19)17-14(9-10-15(17)18)12-13-7-5-4-6-8-13/h4-8,14H,2-3,9-12H2,1H3. The molecular weight excluding hydrogens is 254 g/mol. The highest BCUT2D eigenvalue weighted by molar-refractivity contribution is 5.94. The molecule has 20 heavy (non-hydrogen) atoms. The number of amides is 2. The van der Waals surface area contributed by atoms with Crippen LogP contribution in [0.15, 0.2) is 30.3 Å². The highest BCUT2D eigenvalue weighted by atomic mass is 16.6. The molecule has 1 aliphatic rings. The second-order valence-electron chi connectivity index (χ2n) is 5.11. The number of carbonyl (C=O) groups is 2. The molecule has 0 radical (unpaired) electrons. The quantitative estimate of drug-likeness (QED) is 0.775. The van der Waals surface area contributed by atoms with Gasteiger partial charge in [0, 0.05) is 12.5 Å². The van der Waals surface area contributed by atoms with Gasteiger partial charge in [-0.3, -0.25) is 4.79 Å². The fraction of sp³-hybridized carbons (Fsp3) is 0.500. The van der Waals surface area contributed by atoms with Crippen LogP contribution >= 0.6 is 0 Å². The minimum atomic E-state index is -0.484. The molecule has 1 aromatic rings. The van der Waals surface area contributed by atoms with Gasteiger partial charge in [0.1, 0.15) is 0 Å². The second kappa shape index (κ2) is 7.08. The molecule has 4 heteroatoms. The first-order valence-electron chi connectivity index (χ1n) is 7.25. The van der Waals surface area contributed by atoms with Gasteiger partial charge in [-0.15, -0.1) is 0 Å². The van der Waals surface area contributed by atoms with Gasteiger partial charge in [0.05, 0.1) is 6.61 Å². The maximum absolute atomic E-state index is 12.0. The van der Waals surface area contributed by atoms with Crippen LogP contribution in [0.25, 0.3) is 0 Å². The van der Waals surface area contributed by atoms with Crippen LogP contribution in [0.4, 0.5) is 4.79 Å². The van der Waals surface area contributed by atoms with Gasteiger partial charge in [0.2, 0.25) is 5.91 Å². The van der Waals surface area contributed by atoms with Crippen molar-refractivity contribution in [3.63, 3.8) is 0 Å². The molecule has 0 spiro atoms. The first-order valence-corrected chi connectivity index (χ1v) is 7.25. The second-order valence-corrected chi connectivity index (χ2v) is 5.11. The zero-order chi connectivity index (χ0) is 14.4. The van der Waals surface area contributed by atoms with Gasteiger partial charge < -0.3 is 4.74 Å². The Balaban J connectivity index is 1.97. The van der Waals surface area contributed by atoms with Crippen molar-refractivity contribution >= 4 is 12.0 Å². The number of hydrogen-bond donors (Lipinski definition) is 0. The Morgan fingerprint density at radius 1 is 1.35 bits per heavy atom. The van der Waals surface area contributed by atoms with Crippen LogP contribution in [0, 0.1) is 0 Å². The molecule has 1 heterocycles. The zero-order valence-electron chi connectivity index (χ0n) is 11.9. The van der Waals surface area contributed by atoms with Crippen molar-refractivity contribution in [2.24, 2.45) is 0 Å². The number of imide groups is 1. The Morgan fingerprint density at radius 2 is 2.10 bits per heavy atom. The topological polar surface area (TPSA) is 46.6 Å². The Bertz CT molecular complexity index is 458. The van der Waals surface area contributed by atoms with E-state index in [0.29, 0.717) is 19.4 Å². The molecule has 1 aliphatic heterocycles. The molecule has 1 aromatic carbocycles. The minimum Gasteiger partial charge on any atom is -0.449 e. The lowest BCUT2D eigenvalue weighted by molar-refractivity contribution is -0.127. The van der Waals surface area contributed by atoms with Gasteiger partial charge in [-0.05, 0) is 24.8 Å². The average molecular weight is 275 g/mol. The van der Waals surface area contributed by atoms with Gasteiger partial charge in [-0.2, -0.15) is 0 Å². The summed E-state index contributed by atoms with van der Waals surface area (Å²) in [7, 11) is 0. The molecule has 4 nitrogen and oxygen atoms in total. The largest absolute Gasteiger partial charge is 0.449 e. The van der Waals surface area contributed by atoms with Crippen LogP contribution < -0.4 is 0 Å². The Kier molecular flexibility index (Phi) is 5.16. The van der Waals surface area contributed by atoms with Crippen LogP contribution in [-0.2, 0) is 16.0 Å². The van der Waals surface area contributed by atoms with E-state index in [0.717, 1.165) is 24.8 Å².